The van der Waals surface area contributed by atoms with Crippen molar-refractivity contribution in [1.29, 1.82) is 2.86 Å². The second-order valence-electron chi connectivity index (χ2n) is 27.4. The zero-order chi connectivity index (χ0) is 91.9. The molecule has 0 unspecified atom stereocenters. The Hall–Kier alpha value is -7.95. The van der Waals surface area contributed by atoms with Crippen molar-refractivity contribution in [1.82, 2.24) is 58.6 Å². The monoisotopic (exact) mass is 1810 g/mol. The highest BCUT2D eigenvalue weighted by molar-refractivity contribution is 7.89. The molecule has 120 heavy (non-hydrogen) atoms. The van der Waals surface area contributed by atoms with Gasteiger partial charge < -0.3 is 112 Å². The number of ether oxygens (including phenoxy) is 14. The number of rotatable bonds is 42. The lowest BCUT2D eigenvalue weighted by Gasteiger charge is -2.31. The van der Waals surface area contributed by atoms with Crippen molar-refractivity contribution < 1.29 is 162 Å². The Morgan fingerprint density at radius 1 is 0.525 bits per heavy atom. The minimum atomic E-state index is -3.94. The van der Waals surface area contributed by atoms with E-state index >= 15 is 26.3 Å². The summed E-state index contributed by atoms with van der Waals surface area (Å²) in [5.74, 6) is -11.7. The molecule has 3 fully saturated rings. The lowest BCUT2D eigenvalue weighted by atomic mass is 9.84. The molecule has 8 N–H and O–H groups in total. The maximum Gasteiger partial charge on any atom is 0.510 e. The van der Waals surface area contributed by atoms with Gasteiger partial charge in [0, 0.05) is 29.0 Å². The number of carbonyl (C=O) groups excluding carboxylic acids is 4. The molecule has 0 radical (unpaired) electrons. The van der Waals surface area contributed by atoms with Gasteiger partial charge >= 0.3 is 24.6 Å². The molecular weight excluding hydrogens is 1700 g/mol. The predicted molar refractivity (Wildman–Crippen MR) is 413 cm³/mol. The summed E-state index contributed by atoms with van der Waals surface area (Å²) >= 11 is 0. The fraction of sp³-hybridized carbons (Fsp3) is 0.716. The second kappa shape index (κ2) is 42.9. The molecule has 9 heterocycles. The quantitative estimate of drug-likeness (QED) is 0.00615. The van der Waals surface area contributed by atoms with Crippen LogP contribution in [0.1, 0.15) is 145 Å². The van der Waals surface area contributed by atoms with Gasteiger partial charge in [0.15, 0.2) is 75.3 Å². The minimum Gasteiger partial charge on any atom is -0.476 e. The lowest BCUT2D eigenvalue weighted by Crippen LogP contribution is -2.46. The number of nitrogens with one attached hydrogen (secondary N) is 2. The Balaban J connectivity index is 0.000000263. The molecule has 3 saturated heterocycles. The second-order valence-corrected chi connectivity index (χ2v) is 34.2. The number of hydrogen-bond acceptors (Lipinski definition) is 40. The predicted octanol–water partition coefficient (Wildman–Crippen LogP) is 11.1. The van der Waals surface area contributed by atoms with Crippen molar-refractivity contribution in [3.8, 4) is 17.6 Å². The molecule has 43 nitrogen and oxygen atoms in total. The molecular formula is C67H103F6N15O28P4. The number of alkyl halides is 6. The largest absolute Gasteiger partial charge is 0.510 e. The van der Waals surface area contributed by atoms with Crippen LogP contribution in [0.15, 0.2) is 19.0 Å². The Bertz CT molecular complexity index is 4530. The molecule has 3 aliphatic heterocycles. The van der Waals surface area contributed by atoms with Gasteiger partial charge in [-0.25, -0.2) is 60.5 Å². The van der Waals surface area contributed by atoms with Crippen LogP contribution < -0.4 is 30.6 Å². The number of hydrogen-bond donors (Lipinski definition) is 7. The Kier molecular flexibility index (Phi) is 33.2. The zero-order valence-electron chi connectivity index (χ0n) is 71.8. The summed E-state index contributed by atoms with van der Waals surface area (Å²) in [6, 6.07) is 0. The van der Waals surface area contributed by atoms with Crippen molar-refractivity contribution in [2.45, 2.75) is 207 Å². The Morgan fingerprint density at radius 2 is 0.850 bits per heavy atom. The maximum atomic E-state index is 17.0. The first-order chi connectivity index (χ1) is 58.4. The first kappa shape index (κ1) is 92.8. The first-order valence-corrected chi connectivity index (χ1v) is 42.7. The van der Waals surface area contributed by atoms with E-state index in [1.807, 2.05) is 0 Å². The van der Waals surface area contributed by atoms with E-state index in [9.17, 15) is 29.4 Å². The third-order valence-corrected chi connectivity index (χ3v) is 21.9. The van der Waals surface area contributed by atoms with E-state index in [1.54, 1.807) is 76.2 Å². The summed E-state index contributed by atoms with van der Waals surface area (Å²) in [5.41, 5.74) is -1.25. The molecule has 3 aliphatic rings. The lowest BCUT2D eigenvalue weighted by molar-refractivity contribution is -0.204. The smallest absolute Gasteiger partial charge is 0.476 e. The van der Waals surface area contributed by atoms with Gasteiger partial charge in [0.25, 0.3) is 20.3 Å². The molecule has 0 amide bonds. The molecule has 0 aliphatic carbocycles. The number of imidazole rings is 3. The third kappa shape index (κ3) is 24.7. The molecule has 12 atom stereocenters. The first-order valence-electron chi connectivity index (χ1n) is 39.2. The fourth-order valence-electron chi connectivity index (χ4n) is 11.8. The Labute approximate surface area is 694 Å². The van der Waals surface area contributed by atoms with Gasteiger partial charge in [0.2, 0.25) is 77.2 Å². The SMILES string of the molecule is CCOc1nc(N)nc2c1ncn2[C@@H]1O[C@](F)(COP(=P)(OCOC(=O)OC(C)C)OCOC(=O)OC(C)C)[C@@H](O)[C@@]1(C)F.[3H]CCNc1nc(OCC)c2ncn([C@@H]3O[C@](F)(CO)[C@@H](CCO[3H])[C@@]3(C)F)c2n1.[3H]CCNc1nc(OCC)c2ncn([C@@H]3O[C@](F)(COP(=P)(OCOC(=O)OC(C)C)OCOC(=O)OC(C)C)[C@@H](CCO[3H])[C@@]3(C)F)c2n1. The van der Waals surface area contributed by atoms with Crippen LogP contribution in [0, 0.1) is 11.8 Å². The van der Waals surface area contributed by atoms with Crippen LogP contribution in [0.4, 0.5) is 63.4 Å². The number of halogens is 6. The summed E-state index contributed by atoms with van der Waals surface area (Å²) in [6.07, 6.45) is -10.9. The highest BCUT2D eigenvalue weighted by Gasteiger charge is 2.67. The molecule has 0 aromatic carbocycles. The topological polar surface area (TPSA) is 515 Å². The third-order valence-electron chi connectivity index (χ3n) is 16.9. The van der Waals surface area contributed by atoms with Gasteiger partial charge in [-0.2, -0.15) is 29.9 Å². The van der Waals surface area contributed by atoms with Gasteiger partial charge in [-0.3, -0.25) is 31.8 Å². The van der Waals surface area contributed by atoms with E-state index in [2.05, 4.69) is 82.8 Å². The summed E-state index contributed by atoms with van der Waals surface area (Å²) in [5, 5.41) is 34.7. The van der Waals surface area contributed by atoms with Crippen molar-refractivity contribution in [2.75, 3.05) is 109 Å². The Morgan fingerprint density at radius 3 is 1.19 bits per heavy atom. The number of nitrogens with zero attached hydrogens (tertiary/aromatic N) is 12. The molecule has 0 bridgehead atoms. The summed E-state index contributed by atoms with van der Waals surface area (Å²) in [6.45, 7) is 15.1. The van der Waals surface area contributed by atoms with Crippen LogP contribution >= 0.6 is 31.5 Å². The van der Waals surface area contributed by atoms with Crippen molar-refractivity contribution in [3.63, 3.8) is 0 Å². The molecule has 676 valence electrons. The fourth-order valence-corrected chi connectivity index (χ4v) is 14.8. The van der Waals surface area contributed by atoms with Crippen molar-refractivity contribution in [3.05, 3.63) is 19.0 Å². The normalized spacial score (nSPS) is 25.2. The minimum absolute atomic E-state index is 0.00427. The van der Waals surface area contributed by atoms with Crippen LogP contribution in [0.2, 0.25) is 0 Å². The maximum absolute atomic E-state index is 17.0. The van der Waals surface area contributed by atoms with Crippen LogP contribution in [0.5, 0.6) is 17.6 Å². The van der Waals surface area contributed by atoms with E-state index < -0.39 is 182 Å². The number of nitrogen functional groups attached to an aromatic ring is 1. The van der Waals surface area contributed by atoms with E-state index in [-0.39, 0.29) is 135 Å². The van der Waals surface area contributed by atoms with Gasteiger partial charge in [-0.15, -0.1) is 0 Å². The highest BCUT2D eigenvalue weighted by Crippen LogP contribution is 2.61. The molecule has 53 heteroatoms. The number of aromatic nitrogens is 12. The van der Waals surface area contributed by atoms with E-state index in [0.29, 0.717) is 6.61 Å². The van der Waals surface area contributed by atoms with Gasteiger partial charge in [-0.1, -0.05) is 0 Å². The summed E-state index contributed by atoms with van der Waals surface area (Å²) < 4.78 is 234. The van der Waals surface area contributed by atoms with Crippen molar-refractivity contribution in [2.24, 2.45) is 11.8 Å². The average Bonchev–Trinajstić information content (AvgIpc) is 1.58. The van der Waals surface area contributed by atoms with E-state index in [4.69, 9.17) is 105 Å². The van der Waals surface area contributed by atoms with E-state index in [1.165, 1.54) is 28.7 Å². The number of aliphatic hydroxyl groups is 4. The molecule has 9 rings (SSSR count). The van der Waals surface area contributed by atoms with Crippen LogP contribution in [-0.2, 0) is 79.2 Å². The van der Waals surface area contributed by atoms with Gasteiger partial charge in [-0.05, 0) is 141 Å². The van der Waals surface area contributed by atoms with Gasteiger partial charge in [0.1, 0.15) is 19.8 Å². The zero-order valence-corrected chi connectivity index (χ0v) is 71.6. The molecule has 6 aromatic heterocycles. The van der Waals surface area contributed by atoms with Crippen LogP contribution in [0.3, 0.4) is 0 Å². The molecule has 0 spiro atoms. The van der Waals surface area contributed by atoms with Gasteiger partial charge in [0.05, 0.1) is 75.1 Å². The number of carbonyl (C=O) groups is 4. The number of anilines is 3. The molecule has 6 aromatic rings. The summed E-state index contributed by atoms with van der Waals surface area (Å²) in [4.78, 5) is 84.9. The van der Waals surface area contributed by atoms with Crippen LogP contribution in [0.25, 0.3) is 33.5 Å². The summed E-state index contributed by atoms with van der Waals surface area (Å²) in [7, 11) is -1.64. The van der Waals surface area contributed by atoms with Crippen molar-refractivity contribution >= 4 is 107 Å². The highest BCUT2D eigenvalue weighted by atomic mass is 31.8. The number of fused-ring (bicyclic) bond motifs is 3. The number of nitrogens with two attached hydrogens (primary N) is 1. The standard InChI is InChI=1S/C27H43F2N5O12P2.C23H35F2N5O12P2.C17H25F2N5O4/c1-8-30-23-32-20-19(21(33-23)38-9-2)31-13-34(20)22-26(7,28)18(10-11-35)27(29,46-22)12-41-48(47,42-14-39-24(36)44-16(3)4)43-15-40-25(37)45-17(5)6;1-7-34-16-14-15(28-19(26)29-16)30(9-27-14)18-22(6,24)17(31)23(25,42-18)8-37-44(43,38-10-35-20(32)40-12(2)3)39-11-36-21(33)41-13(4)5;1-4-20-15-22-12-11(13(23-15)27-5-2)21-9-24(12)14-16(3,18)10(6-7-25)17(19,8-26)28-14/h13,16-18,22,35,47H,8-12,14-15H2,1-7H3,(H,30,32,33);9,12-13,17-18,31,43H,7-8,10-11H2,1-6H3,(H2,26,28,29);9-10,14,25-26H,4-8H2,1-3H3,(H,20,22,23)/t18-,22+,26+,27+;17-,18+,22+,23+;10-,14+,16+,17+/m000/s1/i1T,35T;;1T,25T. The number of aliphatic hydroxyl groups excluding tert-OH is 4. The van der Waals surface area contributed by atoms with Crippen LogP contribution in [-0.4, -0.2) is 265 Å². The van der Waals surface area contributed by atoms with E-state index in [0.717, 1.165) is 24.7 Å². The average molecular weight is 1810 g/mol. The molecule has 0 saturated carbocycles.